The van der Waals surface area contributed by atoms with Crippen LogP contribution in [0.1, 0.15) is 51.6 Å². The molecule has 0 unspecified atom stereocenters. The molecule has 2 N–H and O–H groups in total. The van der Waals surface area contributed by atoms with E-state index in [0.717, 1.165) is 35.4 Å². The van der Waals surface area contributed by atoms with Crippen molar-refractivity contribution in [2.45, 2.75) is 39.3 Å². The summed E-state index contributed by atoms with van der Waals surface area (Å²) in [6, 6.07) is 8.49. The number of rotatable bonds is 3. The number of aryl methyl sites for hydroxylation is 1. The summed E-state index contributed by atoms with van der Waals surface area (Å²) in [7, 11) is 0. The maximum atomic E-state index is 12.9. The quantitative estimate of drug-likeness (QED) is 0.445. The van der Waals surface area contributed by atoms with Crippen LogP contribution in [0.25, 0.3) is 11.3 Å². The number of furan rings is 1. The fraction of sp³-hybridized carbons (Fsp3) is 0.318. The first-order chi connectivity index (χ1) is 14.4. The lowest BCUT2D eigenvalue weighted by Crippen LogP contribution is -2.38. The average molecular weight is 423 g/mol. The lowest BCUT2D eigenvalue weighted by atomic mass is 9.88. The van der Waals surface area contributed by atoms with Gasteiger partial charge in [0.15, 0.2) is 6.17 Å². The van der Waals surface area contributed by atoms with Gasteiger partial charge in [-0.25, -0.2) is 0 Å². The lowest BCUT2D eigenvalue weighted by Gasteiger charge is -2.25. The summed E-state index contributed by atoms with van der Waals surface area (Å²) < 4.78 is 5.95. The predicted octanol–water partition coefficient (Wildman–Crippen LogP) is 5.20. The monoisotopic (exact) mass is 423 g/mol. The molecule has 0 fully saturated rings. The van der Waals surface area contributed by atoms with Crippen LogP contribution in [0.2, 0.25) is 0 Å². The molecule has 2 aromatic heterocycles. The molecule has 2 atom stereocenters. The molecule has 1 aliphatic heterocycles. The van der Waals surface area contributed by atoms with Gasteiger partial charge >= 0.3 is 0 Å². The molecular formula is C22H21N3O4S. The number of anilines is 1. The maximum Gasteiger partial charge on any atom is 0.280 e. The van der Waals surface area contributed by atoms with Crippen molar-refractivity contribution in [3.05, 3.63) is 67.8 Å². The fourth-order valence-corrected chi connectivity index (χ4v) is 5.70. The third kappa shape index (κ3) is 3.08. The van der Waals surface area contributed by atoms with E-state index in [1.165, 1.54) is 16.5 Å². The summed E-state index contributed by atoms with van der Waals surface area (Å²) in [6.45, 7) is 4.05. The van der Waals surface area contributed by atoms with Crippen LogP contribution >= 0.6 is 11.3 Å². The van der Waals surface area contributed by atoms with E-state index in [0.29, 0.717) is 23.0 Å². The minimum atomic E-state index is -0.513. The third-order valence-corrected chi connectivity index (χ3v) is 7.00. The third-order valence-electron chi connectivity index (χ3n) is 5.82. The summed E-state index contributed by atoms with van der Waals surface area (Å²) in [5.74, 6) is 1.45. The number of hydrogen-bond donors (Lipinski definition) is 2. The largest absolute Gasteiger partial charge is 0.457 e. The number of hydrogen-bond acceptors (Lipinski definition) is 6. The number of thiophene rings is 1. The predicted molar refractivity (Wildman–Crippen MR) is 115 cm³/mol. The van der Waals surface area contributed by atoms with Crippen molar-refractivity contribution in [3.63, 3.8) is 0 Å². The second-order valence-electron chi connectivity index (χ2n) is 8.09. The Morgan fingerprint density at radius 2 is 2.07 bits per heavy atom. The highest BCUT2D eigenvalue weighted by Crippen LogP contribution is 2.43. The summed E-state index contributed by atoms with van der Waals surface area (Å²) >= 11 is 1.65. The number of carbonyl (C=O) groups excluding carboxylic acids is 1. The van der Waals surface area contributed by atoms with Crippen LogP contribution in [0.3, 0.4) is 0 Å². The number of nitrogens with one attached hydrogen (secondary N) is 2. The molecule has 1 amide bonds. The van der Waals surface area contributed by atoms with Gasteiger partial charge in [0.25, 0.3) is 11.6 Å². The Balaban J connectivity index is 1.46. The first kappa shape index (κ1) is 18.9. The molecule has 0 saturated heterocycles. The van der Waals surface area contributed by atoms with Gasteiger partial charge in [-0.15, -0.1) is 11.3 Å². The van der Waals surface area contributed by atoms with Crippen molar-refractivity contribution in [3.8, 4) is 11.3 Å². The van der Waals surface area contributed by atoms with Crippen molar-refractivity contribution in [2.75, 3.05) is 5.32 Å². The van der Waals surface area contributed by atoms with Crippen LogP contribution in [0.5, 0.6) is 0 Å². The van der Waals surface area contributed by atoms with Gasteiger partial charge in [-0.1, -0.05) is 13.0 Å². The number of benzene rings is 1. The second-order valence-corrected chi connectivity index (χ2v) is 9.19. The SMILES string of the molecule is Cc1ccc(-c2ccc([C@H]3NC(=O)c4c(sc5c4CC[C@@H](C)C5)N3)o2)c([N+](=O)[O-])c1. The summed E-state index contributed by atoms with van der Waals surface area (Å²) in [5, 5.41) is 18.7. The minimum Gasteiger partial charge on any atom is -0.457 e. The smallest absolute Gasteiger partial charge is 0.280 e. The second kappa shape index (κ2) is 6.98. The highest BCUT2D eigenvalue weighted by atomic mass is 32.1. The van der Waals surface area contributed by atoms with E-state index >= 15 is 0 Å². The van der Waals surface area contributed by atoms with E-state index < -0.39 is 11.1 Å². The molecule has 1 aliphatic carbocycles. The number of fused-ring (bicyclic) bond motifs is 3. The minimum absolute atomic E-state index is 0.00104. The Bertz CT molecular complexity index is 1180. The number of nitro benzene ring substituents is 1. The van der Waals surface area contributed by atoms with Crippen LogP contribution in [0.4, 0.5) is 10.7 Å². The first-order valence-corrected chi connectivity index (χ1v) is 10.8. The average Bonchev–Trinajstić information content (AvgIpc) is 3.32. The van der Waals surface area contributed by atoms with Crippen LogP contribution in [0, 0.1) is 23.0 Å². The molecule has 5 rings (SSSR count). The molecule has 2 aliphatic rings. The standard InChI is InChI=1S/C22H21N3O4S/c1-11-3-5-13(15(9-11)25(27)28)16-7-8-17(29-16)20-23-21(26)19-14-6-4-12(2)10-18(14)30-22(19)24-20/h3,5,7-9,12,20,24H,4,6,10H2,1-2H3,(H,23,26)/t12-,20+/m1/s1. The summed E-state index contributed by atoms with van der Waals surface area (Å²) in [6.07, 6.45) is 2.53. The highest BCUT2D eigenvalue weighted by Gasteiger charge is 2.34. The molecule has 3 heterocycles. The van der Waals surface area contributed by atoms with Gasteiger partial charge in [0.1, 0.15) is 16.5 Å². The first-order valence-electron chi connectivity index (χ1n) is 9.98. The van der Waals surface area contributed by atoms with Crippen molar-refractivity contribution in [1.29, 1.82) is 0 Å². The fourth-order valence-electron chi connectivity index (χ4n) is 4.26. The molecule has 3 aromatic rings. The van der Waals surface area contributed by atoms with Crippen LogP contribution in [-0.4, -0.2) is 10.8 Å². The Morgan fingerprint density at radius 1 is 1.23 bits per heavy atom. The number of carbonyl (C=O) groups is 1. The number of nitro groups is 1. The Hall–Kier alpha value is -3.13. The maximum absolute atomic E-state index is 12.9. The van der Waals surface area contributed by atoms with E-state index in [1.54, 1.807) is 29.5 Å². The molecule has 0 spiro atoms. The molecule has 0 bridgehead atoms. The van der Waals surface area contributed by atoms with Crippen LogP contribution < -0.4 is 10.6 Å². The molecule has 1 aromatic carbocycles. The van der Waals surface area contributed by atoms with Gasteiger partial charge in [-0.05, 0) is 61.4 Å². The molecule has 0 radical (unpaired) electrons. The molecule has 154 valence electrons. The van der Waals surface area contributed by atoms with Crippen molar-refractivity contribution in [2.24, 2.45) is 5.92 Å². The zero-order chi connectivity index (χ0) is 21.0. The van der Waals surface area contributed by atoms with Gasteiger partial charge in [0.2, 0.25) is 0 Å². The van der Waals surface area contributed by atoms with Crippen LogP contribution in [-0.2, 0) is 12.8 Å². The van der Waals surface area contributed by atoms with E-state index in [9.17, 15) is 14.9 Å². The van der Waals surface area contributed by atoms with E-state index in [4.69, 9.17) is 4.42 Å². The normalized spacial score (nSPS) is 20.1. The van der Waals surface area contributed by atoms with Gasteiger partial charge in [-0.2, -0.15) is 0 Å². The van der Waals surface area contributed by atoms with Crippen molar-refractivity contribution < 1.29 is 14.1 Å². The Labute approximate surface area is 177 Å². The van der Waals surface area contributed by atoms with Gasteiger partial charge < -0.3 is 15.1 Å². The molecule has 8 heteroatoms. The van der Waals surface area contributed by atoms with E-state index in [2.05, 4.69) is 17.6 Å². The Kier molecular flexibility index (Phi) is 4.39. The van der Waals surface area contributed by atoms with Crippen molar-refractivity contribution >= 4 is 27.9 Å². The lowest BCUT2D eigenvalue weighted by molar-refractivity contribution is -0.384. The van der Waals surface area contributed by atoms with Crippen molar-refractivity contribution in [1.82, 2.24) is 5.32 Å². The van der Waals surface area contributed by atoms with E-state index in [1.807, 2.05) is 13.0 Å². The zero-order valence-electron chi connectivity index (χ0n) is 16.7. The van der Waals surface area contributed by atoms with Gasteiger partial charge in [0, 0.05) is 10.9 Å². The topological polar surface area (TPSA) is 97.4 Å². The Morgan fingerprint density at radius 3 is 2.87 bits per heavy atom. The zero-order valence-corrected chi connectivity index (χ0v) is 17.5. The highest BCUT2D eigenvalue weighted by molar-refractivity contribution is 7.16. The van der Waals surface area contributed by atoms with Gasteiger partial charge in [-0.3, -0.25) is 14.9 Å². The number of nitrogens with zero attached hydrogens (tertiary/aromatic N) is 1. The number of amides is 1. The summed E-state index contributed by atoms with van der Waals surface area (Å²) in [4.78, 5) is 25.2. The summed E-state index contributed by atoms with van der Waals surface area (Å²) in [5.41, 5.74) is 3.16. The van der Waals surface area contributed by atoms with Gasteiger partial charge in [0.05, 0.1) is 16.1 Å². The van der Waals surface area contributed by atoms with Crippen LogP contribution in [0.15, 0.2) is 34.7 Å². The molecule has 7 nitrogen and oxygen atoms in total. The van der Waals surface area contributed by atoms with E-state index in [-0.39, 0.29) is 11.6 Å². The molecular weight excluding hydrogens is 402 g/mol. The molecule has 30 heavy (non-hydrogen) atoms. The molecule has 0 saturated carbocycles.